The van der Waals surface area contributed by atoms with Crippen LogP contribution in [0.25, 0.3) is 11.7 Å². The minimum Gasteiger partial charge on any atom is -0.353 e. The van der Waals surface area contributed by atoms with Gasteiger partial charge < -0.3 is 9.80 Å². The van der Waals surface area contributed by atoms with Crippen molar-refractivity contribution < 1.29 is 4.79 Å². The van der Waals surface area contributed by atoms with Crippen molar-refractivity contribution in [2.45, 2.75) is 26.7 Å². The van der Waals surface area contributed by atoms with E-state index >= 15 is 0 Å². The number of aryl methyl sites for hydroxylation is 2. The second-order valence-corrected chi connectivity index (χ2v) is 11.1. The maximum absolute atomic E-state index is 13.7. The lowest BCUT2D eigenvalue weighted by Crippen LogP contribution is -2.47. The van der Waals surface area contributed by atoms with Crippen LogP contribution in [0, 0.1) is 6.92 Å². The molecular formula is C28H31N5O2S2. The summed E-state index contributed by atoms with van der Waals surface area (Å²) in [6.07, 6.45) is 5.14. The van der Waals surface area contributed by atoms with E-state index in [-0.39, 0.29) is 11.5 Å². The van der Waals surface area contributed by atoms with Gasteiger partial charge in [0.2, 0.25) is 0 Å². The number of anilines is 1. The normalized spacial score (nSPS) is 17.9. The molecule has 2 aromatic heterocycles. The number of benzene rings is 1. The number of likely N-dealkylation sites (N-methyl/N-ethyl adjacent to an activating group) is 1. The minimum absolute atomic E-state index is 0.140. The number of fused-ring (bicyclic) bond motifs is 1. The first-order chi connectivity index (χ1) is 18.0. The maximum atomic E-state index is 13.7. The van der Waals surface area contributed by atoms with Crippen LogP contribution in [0.1, 0.15) is 30.0 Å². The third-order valence-corrected chi connectivity index (χ3v) is 8.40. The summed E-state index contributed by atoms with van der Waals surface area (Å²) in [6.45, 7) is 9.06. The van der Waals surface area contributed by atoms with Crippen LogP contribution in [0.5, 0.6) is 0 Å². The molecule has 0 unspecified atom stereocenters. The summed E-state index contributed by atoms with van der Waals surface area (Å²) in [4.78, 5) is 38.7. The van der Waals surface area contributed by atoms with Crippen LogP contribution in [0.15, 0.2) is 58.4 Å². The van der Waals surface area contributed by atoms with Gasteiger partial charge in [0.05, 0.1) is 10.5 Å². The summed E-state index contributed by atoms with van der Waals surface area (Å²) in [7, 11) is 0. The summed E-state index contributed by atoms with van der Waals surface area (Å²) < 4.78 is 2.11. The molecule has 4 heterocycles. The number of rotatable bonds is 7. The number of hydrogen-bond donors (Lipinski definition) is 0. The van der Waals surface area contributed by atoms with Crippen LogP contribution in [-0.2, 0) is 11.2 Å². The van der Waals surface area contributed by atoms with Crippen molar-refractivity contribution in [3.05, 3.63) is 80.6 Å². The highest BCUT2D eigenvalue weighted by atomic mass is 32.2. The highest BCUT2D eigenvalue weighted by molar-refractivity contribution is 8.26. The summed E-state index contributed by atoms with van der Waals surface area (Å²) in [5.41, 5.74) is 3.09. The van der Waals surface area contributed by atoms with Crippen LogP contribution < -0.4 is 10.5 Å². The van der Waals surface area contributed by atoms with E-state index < -0.39 is 0 Å². The second-order valence-electron chi connectivity index (χ2n) is 9.38. The van der Waals surface area contributed by atoms with Crippen molar-refractivity contribution in [1.29, 1.82) is 0 Å². The largest absolute Gasteiger partial charge is 0.353 e. The fourth-order valence-corrected chi connectivity index (χ4v) is 6.14. The van der Waals surface area contributed by atoms with Gasteiger partial charge in [-0.25, -0.2) is 4.98 Å². The highest BCUT2D eigenvalue weighted by Crippen LogP contribution is 2.34. The van der Waals surface area contributed by atoms with Crippen LogP contribution in [-0.4, -0.2) is 68.7 Å². The SMILES string of the molecule is CCN1CCN(c2nc3c(C)cccn3c(=O)c2C=C2SC(=S)N(CCCc3ccccc3)C2=O)CC1. The molecule has 0 aliphatic carbocycles. The molecular weight excluding hydrogens is 502 g/mol. The van der Waals surface area contributed by atoms with Crippen LogP contribution >= 0.6 is 24.0 Å². The second kappa shape index (κ2) is 11.2. The van der Waals surface area contributed by atoms with E-state index in [2.05, 4.69) is 28.9 Å². The Morgan fingerprint density at radius 3 is 2.54 bits per heavy atom. The Labute approximate surface area is 226 Å². The lowest BCUT2D eigenvalue weighted by atomic mass is 10.1. The number of hydrogen-bond acceptors (Lipinski definition) is 7. The van der Waals surface area contributed by atoms with E-state index in [1.54, 1.807) is 21.6 Å². The van der Waals surface area contributed by atoms with E-state index in [0.29, 0.717) is 32.8 Å². The number of thiocarbonyl (C=S) groups is 1. The number of thioether (sulfide) groups is 1. The van der Waals surface area contributed by atoms with Gasteiger partial charge in [0, 0.05) is 38.9 Å². The smallest absolute Gasteiger partial charge is 0.267 e. The molecule has 37 heavy (non-hydrogen) atoms. The van der Waals surface area contributed by atoms with Gasteiger partial charge in [-0.3, -0.25) is 18.9 Å². The predicted molar refractivity (Wildman–Crippen MR) is 155 cm³/mol. The van der Waals surface area contributed by atoms with E-state index in [9.17, 15) is 9.59 Å². The first kappa shape index (κ1) is 25.6. The van der Waals surface area contributed by atoms with Gasteiger partial charge in [-0.05, 0) is 49.6 Å². The fraction of sp³-hybridized carbons (Fsp3) is 0.357. The van der Waals surface area contributed by atoms with Crippen LogP contribution in [0.4, 0.5) is 5.82 Å². The molecule has 3 aromatic rings. The van der Waals surface area contributed by atoms with Crippen molar-refractivity contribution in [2.75, 3.05) is 44.2 Å². The molecule has 192 valence electrons. The van der Waals surface area contributed by atoms with Gasteiger partial charge in [0.15, 0.2) is 0 Å². The lowest BCUT2D eigenvalue weighted by molar-refractivity contribution is -0.122. The first-order valence-corrected chi connectivity index (χ1v) is 14.0. The number of aromatic nitrogens is 2. The molecule has 1 aromatic carbocycles. The van der Waals surface area contributed by atoms with E-state index in [0.717, 1.165) is 51.1 Å². The van der Waals surface area contributed by atoms with Gasteiger partial charge in [-0.15, -0.1) is 0 Å². The molecule has 2 aliphatic heterocycles. The van der Waals surface area contributed by atoms with Crippen molar-refractivity contribution in [1.82, 2.24) is 19.2 Å². The molecule has 0 N–H and O–H groups in total. The Morgan fingerprint density at radius 1 is 1.05 bits per heavy atom. The third kappa shape index (κ3) is 5.35. The van der Waals surface area contributed by atoms with E-state index in [4.69, 9.17) is 17.2 Å². The summed E-state index contributed by atoms with van der Waals surface area (Å²) in [6, 6.07) is 14.0. The molecule has 0 atom stereocenters. The molecule has 2 fully saturated rings. The van der Waals surface area contributed by atoms with Crippen molar-refractivity contribution in [2.24, 2.45) is 0 Å². The summed E-state index contributed by atoms with van der Waals surface area (Å²) in [5, 5.41) is 0. The number of pyridine rings is 1. The number of carbonyl (C=O) groups excluding carboxylic acids is 1. The summed E-state index contributed by atoms with van der Waals surface area (Å²) in [5.74, 6) is 0.503. The Hall–Kier alpha value is -3.01. The number of amides is 1. The molecule has 0 bridgehead atoms. The fourth-order valence-electron chi connectivity index (χ4n) is 4.85. The molecule has 0 saturated carbocycles. The van der Waals surface area contributed by atoms with E-state index in [1.165, 1.54) is 17.3 Å². The third-order valence-electron chi connectivity index (χ3n) is 7.02. The Bertz CT molecular complexity index is 1410. The molecule has 7 nitrogen and oxygen atoms in total. The van der Waals surface area contributed by atoms with Gasteiger partial charge in [-0.2, -0.15) is 0 Å². The van der Waals surface area contributed by atoms with Crippen molar-refractivity contribution >= 4 is 51.7 Å². The average Bonchev–Trinajstić information content (AvgIpc) is 3.18. The lowest BCUT2D eigenvalue weighted by Gasteiger charge is -2.35. The molecule has 9 heteroatoms. The zero-order valence-electron chi connectivity index (χ0n) is 21.2. The quantitative estimate of drug-likeness (QED) is 0.336. The minimum atomic E-state index is -0.170. The number of nitrogens with zero attached hydrogens (tertiary/aromatic N) is 5. The standard InChI is InChI=1S/C28H31N5O2S2/c1-3-30-15-17-31(18-16-30)25-22(26(34)32-13-7-9-20(2)24(32)29-25)19-23-27(35)33(28(36)37-23)14-8-12-21-10-5-4-6-11-21/h4-7,9-11,13,19H,3,8,12,14-18H2,1-2H3. The zero-order chi connectivity index (χ0) is 25.9. The molecule has 1 amide bonds. The maximum Gasteiger partial charge on any atom is 0.267 e. The molecule has 2 saturated heterocycles. The predicted octanol–water partition coefficient (Wildman–Crippen LogP) is 3.98. The average molecular weight is 534 g/mol. The Morgan fingerprint density at radius 2 is 1.81 bits per heavy atom. The van der Waals surface area contributed by atoms with Gasteiger partial charge >= 0.3 is 0 Å². The van der Waals surface area contributed by atoms with Crippen LogP contribution in [0.2, 0.25) is 0 Å². The van der Waals surface area contributed by atoms with Crippen molar-refractivity contribution in [3.63, 3.8) is 0 Å². The topological polar surface area (TPSA) is 61.2 Å². The van der Waals surface area contributed by atoms with Gasteiger partial charge in [0.1, 0.15) is 15.8 Å². The van der Waals surface area contributed by atoms with Crippen LogP contribution in [0.3, 0.4) is 0 Å². The monoisotopic (exact) mass is 533 g/mol. The highest BCUT2D eigenvalue weighted by Gasteiger charge is 2.33. The van der Waals surface area contributed by atoms with Crippen molar-refractivity contribution in [3.8, 4) is 0 Å². The number of carbonyl (C=O) groups is 1. The Kier molecular flexibility index (Phi) is 7.73. The van der Waals surface area contributed by atoms with E-state index in [1.807, 2.05) is 37.3 Å². The van der Waals surface area contributed by atoms with Gasteiger partial charge in [-0.1, -0.05) is 67.3 Å². The molecule has 5 rings (SSSR count). The summed E-state index contributed by atoms with van der Waals surface area (Å²) >= 11 is 6.83. The first-order valence-electron chi connectivity index (χ1n) is 12.7. The number of piperazine rings is 1. The molecule has 0 spiro atoms. The van der Waals surface area contributed by atoms with Gasteiger partial charge in [0.25, 0.3) is 11.5 Å². The Balaban J connectivity index is 1.45. The zero-order valence-corrected chi connectivity index (χ0v) is 22.9. The molecule has 2 aliphatic rings. The molecule has 0 radical (unpaired) electrons.